The molecule has 0 aliphatic carbocycles. The molecule has 0 atom stereocenters. The highest BCUT2D eigenvalue weighted by molar-refractivity contribution is 7.90. The highest BCUT2D eigenvalue weighted by atomic mass is 32.2. The zero-order valence-electron chi connectivity index (χ0n) is 11.4. The highest BCUT2D eigenvalue weighted by Crippen LogP contribution is 2.22. The highest BCUT2D eigenvalue weighted by Gasteiger charge is 2.23. The van der Waals surface area contributed by atoms with E-state index in [1.165, 1.54) is 30.5 Å². The molecule has 1 aromatic carbocycles. The van der Waals surface area contributed by atoms with E-state index in [0.717, 1.165) is 3.97 Å². The normalized spacial score (nSPS) is 11.6. The van der Waals surface area contributed by atoms with Crippen LogP contribution >= 0.6 is 0 Å². The van der Waals surface area contributed by atoms with Crippen LogP contribution in [-0.2, 0) is 10.0 Å². The van der Waals surface area contributed by atoms with Gasteiger partial charge in [-0.15, -0.1) is 0 Å². The monoisotopic (exact) mass is 303 g/mol. The number of rotatable bonds is 3. The summed E-state index contributed by atoms with van der Waals surface area (Å²) in [5.74, 6) is 0.192. The quantitative estimate of drug-likeness (QED) is 0.605. The van der Waals surface area contributed by atoms with Gasteiger partial charge in [0.2, 0.25) is 0 Å². The van der Waals surface area contributed by atoms with Crippen LogP contribution in [0.25, 0.3) is 11.5 Å². The molecular formula is C14H8B3NO3S. The molecule has 3 rings (SSSR count). The zero-order chi connectivity index (χ0) is 15.9. The van der Waals surface area contributed by atoms with Crippen LogP contribution < -0.4 is 16.6 Å². The van der Waals surface area contributed by atoms with Crippen LogP contribution in [0.15, 0.2) is 58.0 Å². The Bertz CT molecular complexity index is 910. The summed E-state index contributed by atoms with van der Waals surface area (Å²) in [4.78, 5) is 0.138. The number of aromatic nitrogens is 1. The molecule has 0 saturated carbocycles. The molecule has 0 amide bonds. The fourth-order valence-corrected chi connectivity index (χ4v) is 3.51. The van der Waals surface area contributed by atoms with Crippen LogP contribution in [0.1, 0.15) is 0 Å². The third-order valence-corrected chi connectivity index (χ3v) is 4.90. The molecule has 2 aromatic heterocycles. The average Bonchev–Trinajstić information content (AvgIpc) is 3.03. The molecule has 6 radical (unpaired) electrons. The van der Waals surface area contributed by atoms with Crippen molar-refractivity contribution in [2.75, 3.05) is 0 Å². The number of benzene rings is 1. The minimum atomic E-state index is -3.81. The molecule has 0 saturated heterocycles. The first-order valence-electron chi connectivity index (χ1n) is 6.34. The Kier molecular flexibility index (Phi) is 3.57. The Morgan fingerprint density at radius 2 is 1.64 bits per heavy atom. The molecule has 0 spiro atoms. The van der Waals surface area contributed by atoms with Gasteiger partial charge in [0, 0.05) is 11.9 Å². The van der Waals surface area contributed by atoms with Crippen LogP contribution in [0.5, 0.6) is 0 Å². The van der Waals surface area contributed by atoms with Gasteiger partial charge < -0.3 is 4.42 Å². The molecule has 2 heterocycles. The number of hydrogen-bond donors (Lipinski definition) is 0. The van der Waals surface area contributed by atoms with Crippen LogP contribution in [0.4, 0.5) is 0 Å². The van der Waals surface area contributed by atoms with Gasteiger partial charge in [-0.1, -0.05) is 29.1 Å². The topological polar surface area (TPSA) is 52.2 Å². The van der Waals surface area contributed by atoms with E-state index in [2.05, 4.69) is 0 Å². The smallest absolute Gasteiger partial charge is 0.268 e. The van der Waals surface area contributed by atoms with Crippen molar-refractivity contribution in [3.8, 4) is 11.5 Å². The van der Waals surface area contributed by atoms with Crippen molar-refractivity contribution in [1.82, 2.24) is 3.97 Å². The van der Waals surface area contributed by atoms with Gasteiger partial charge >= 0.3 is 0 Å². The third kappa shape index (κ3) is 2.33. The van der Waals surface area contributed by atoms with E-state index in [9.17, 15) is 8.42 Å². The summed E-state index contributed by atoms with van der Waals surface area (Å²) in [5.41, 5.74) is 0.666. The molecule has 0 aliphatic heterocycles. The molecule has 4 nitrogen and oxygen atoms in total. The van der Waals surface area contributed by atoms with E-state index in [1.807, 2.05) is 0 Å². The average molecular weight is 303 g/mol. The largest absolute Gasteiger partial charge is 0.472 e. The zero-order valence-corrected chi connectivity index (χ0v) is 12.2. The second-order valence-electron chi connectivity index (χ2n) is 4.66. The van der Waals surface area contributed by atoms with E-state index in [1.54, 1.807) is 18.2 Å². The molecule has 0 fully saturated rings. The summed E-state index contributed by atoms with van der Waals surface area (Å²) < 4.78 is 31.8. The summed E-state index contributed by atoms with van der Waals surface area (Å²) in [5, 5.41) is 0. The Morgan fingerprint density at radius 1 is 0.955 bits per heavy atom. The summed E-state index contributed by atoms with van der Waals surface area (Å²) >= 11 is 0. The van der Waals surface area contributed by atoms with E-state index >= 15 is 0 Å². The second kappa shape index (κ2) is 5.28. The lowest BCUT2D eigenvalue weighted by atomic mass is 9.88. The lowest BCUT2D eigenvalue weighted by Crippen LogP contribution is -2.19. The van der Waals surface area contributed by atoms with E-state index in [4.69, 9.17) is 28.0 Å². The maximum absolute atomic E-state index is 12.7. The van der Waals surface area contributed by atoms with Crippen LogP contribution in [0.2, 0.25) is 0 Å². The van der Waals surface area contributed by atoms with Crippen molar-refractivity contribution in [2.24, 2.45) is 0 Å². The summed E-state index contributed by atoms with van der Waals surface area (Å²) in [6.07, 6.45) is 1.36. The van der Waals surface area contributed by atoms with Gasteiger partial charge in [0.1, 0.15) is 21.5 Å². The van der Waals surface area contributed by atoms with Gasteiger partial charge in [0.25, 0.3) is 10.0 Å². The van der Waals surface area contributed by atoms with Gasteiger partial charge in [-0.25, -0.2) is 12.4 Å². The first-order valence-corrected chi connectivity index (χ1v) is 7.78. The first-order chi connectivity index (χ1) is 10.4. The van der Waals surface area contributed by atoms with Crippen LogP contribution in [0, 0.1) is 0 Å². The Balaban J connectivity index is 2.22. The van der Waals surface area contributed by atoms with Gasteiger partial charge in [0.05, 0.1) is 10.6 Å². The third-order valence-electron chi connectivity index (χ3n) is 3.21. The number of furan rings is 1. The van der Waals surface area contributed by atoms with Gasteiger partial charge in [-0.05, 0) is 24.3 Å². The van der Waals surface area contributed by atoms with E-state index in [-0.39, 0.29) is 32.9 Å². The van der Waals surface area contributed by atoms with Crippen molar-refractivity contribution < 1.29 is 12.8 Å². The SMILES string of the molecule is [B]c1cc(-c2c([B])ccn2S(=O)(=O)c2ccccc2)oc1[B]. The molecule has 102 valence electrons. The fourth-order valence-electron chi connectivity index (χ4n) is 2.12. The molecular weight excluding hydrogens is 295 g/mol. The van der Waals surface area contributed by atoms with E-state index < -0.39 is 10.0 Å². The van der Waals surface area contributed by atoms with Crippen molar-refractivity contribution >= 4 is 50.1 Å². The van der Waals surface area contributed by atoms with Gasteiger partial charge in [-0.2, -0.15) is 0 Å². The minimum absolute atomic E-state index is 0.0132. The predicted molar refractivity (Wildman–Crippen MR) is 87.3 cm³/mol. The summed E-state index contributed by atoms with van der Waals surface area (Å²) in [6.45, 7) is 0. The maximum atomic E-state index is 12.7. The van der Waals surface area contributed by atoms with Crippen molar-refractivity contribution in [1.29, 1.82) is 0 Å². The lowest BCUT2D eigenvalue weighted by molar-refractivity contribution is 0.584. The molecule has 0 aliphatic rings. The minimum Gasteiger partial charge on any atom is -0.472 e. The molecule has 8 heteroatoms. The van der Waals surface area contributed by atoms with Crippen LogP contribution in [-0.4, -0.2) is 35.9 Å². The maximum Gasteiger partial charge on any atom is 0.268 e. The van der Waals surface area contributed by atoms with E-state index in [0.29, 0.717) is 0 Å². The fraction of sp³-hybridized carbons (Fsp3) is 0. The molecule has 22 heavy (non-hydrogen) atoms. The van der Waals surface area contributed by atoms with Crippen molar-refractivity contribution in [3.05, 3.63) is 48.7 Å². The predicted octanol–water partition coefficient (Wildman–Crippen LogP) is -0.634. The second-order valence-corrected chi connectivity index (χ2v) is 6.48. The number of nitrogens with zero attached hydrogens (tertiary/aromatic N) is 1. The molecule has 0 unspecified atom stereocenters. The lowest BCUT2D eigenvalue weighted by Gasteiger charge is -2.10. The Hall–Kier alpha value is -2.08. The van der Waals surface area contributed by atoms with Gasteiger partial charge in [0.15, 0.2) is 7.85 Å². The standard InChI is InChI=1S/C14H8B3NO3S/c15-10-6-7-18(13(10)12-8-11(16)14(17)21-12)22(19,20)9-4-2-1-3-5-9/h1-8H. The van der Waals surface area contributed by atoms with Crippen molar-refractivity contribution in [3.63, 3.8) is 0 Å². The van der Waals surface area contributed by atoms with Crippen LogP contribution in [0.3, 0.4) is 0 Å². The van der Waals surface area contributed by atoms with Crippen molar-refractivity contribution in [2.45, 2.75) is 4.90 Å². The summed E-state index contributed by atoms with van der Waals surface area (Å²) in [7, 11) is 13.3. The Morgan fingerprint density at radius 3 is 2.23 bits per heavy atom. The first kappa shape index (κ1) is 14.8. The summed E-state index contributed by atoms with van der Waals surface area (Å²) in [6, 6.07) is 10.9. The molecule has 0 bridgehead atoms. The Labute approximate surface area is 132 Å². The number of hydrogen-bond acceptors (Lipinski definition) is 3. The molecule has 0 N–H and O–H groups in total. The molecule has 3 aromatic rings. The van der Waals surface area contributed by atoms with Gasteiger partial charge in [-0.3, -0.25) is 0 Å².